The number of amides is 1. The predicted octanol–water partition coefficient (Wildman–Crippen LogP) is 4.98. The van der Waals surface area contributed by atoms with Crippen LogP contribution in [0, 0.1) is 11.7 Å². The molecule has 0 spiro atoms. The van der Waals surface area contributed by atoms with Gasteiger partial charge in [0.05, 0.1) is 11.5 Å². The van der Waals surface area contributed by atoms with Crippen molar-refractivity contribution in [1.29, 1.82) is 0 Å². The summed E-state index contributed by atoms with van der Waals surface area (Å²) in [4.78, 5) is 16.1. The Hall–Kier alpha value is -1.46. The minimum Gasteiger partial charge on any atom is -0.380 e. The molecule has 1 aliphatic carbocycles. The molecule has 3 nitrogen and oxygen atoms in total. The van der Waals surface area contributed by atoms with Gasteiger partial charge >= 0.3 is 0 Å². The van der Waals surface area contributed by atoms with Crippen LogP contribution in [0.2, 0.25) is 0 Å². The Bertz CT molecular complexity index is 785. The summed E-state index contributed by atoms with van der Waals surface area (Å²) in [6, 6.07) is 5.41. The molecule has 2 heterocycles. The second-order valence-corrected chi connectivity index (χ2v) is 8.26. The van der Waals surface area contributed by atoms with Crippen LogP contribution in [-0.4, -0.2) is 30.5 Å². The van der Waals surface area contributed by atoms with Crippen molar-refractivity contribution in [2.24, 2.45) is 5.92 Å². The summed E-state index contributed by atoms with van der Waals surface area (Å²) in [5, 5.41) is 0.551. The Kier molecular flexibility index (Phi) is 4.78. The van der Waals surface area contributed by atoms with Crippen LogP contribution in [0.5, 0.6) is 0 Å². The molecule has 4 rings (SSSR count). The van der Waals surface area contributed by atoms with E-state index in [0.717, 1.165) is 24.1 Å². The first-order valence-corrected chi connectivity index (χ1v) is 10.0. The molecule has 5 heteroatoms. The monoisotopic (exact) mass is 361 g/mol. The van der Waals surface area contributed by atoms with Crippen molar-refractivity contribution < 1.29 is 13.9 Å². The molecule has 1 aliphatic heterocycles. The largest absolute Gasteiger partial charge is 0.380 e. The summed E-state index contributed by atoms with van der Waals surface area (Å²) in [7, 11) is 1.59. The first-order valence-electron chi connectivity index (χ1n) is 9.20. The van der Waals surface area contributed by atoms with E-state index in [1.807, 2.05) is 6.07 Å². The van der Waals surface area contributed by atoms with Crippen molar-refractivity contribution in [1.82, 2.24) is 4.90 Å². The van der Waals surface area contributed by atoms with Crippen molar-refractivity contribution in [2.75, 3.05) is 13.7 Å². The zero-order chi connectivity index (χ0) is 17.4. The number of likely N-dealkylation sites (tertiary alicyclic amines) is 1. The van der Waals surface area contributed by atoms with E-state index < -0.39 is 0 Å². The normalized spacial score (nSPS) is 23.7. The van der Waals surface area contributed by atoms with Gasteiger partial charge in [-0.1, -0.05) is 18.9 Å². The molecule has 25 heavy (non-hydrogen) atoms. The number of ether oxygens (including phenoxy) is 1. The van der Waals surface area contributed by atoms with E-state index in [2.05, 4.69) is 4.90 Å². The minimum absolute atomic E-state index is 0.0734. The smallest absolute Gasteiger partial charge is 0.264 e. The Morgan fingerprint density at radius 2 is 2.08 bits per heavy atom. The molecule has 2 aromatic rings. The van der Waals surface area contributed by atoms with Gasteiger partial charge in [0.1, 0.15) is 5.82 Å². The fourth-order valence-corrected chi connectivity index (χ4v) is 5.81. The standard InChI is InChI=1S/C20H24FNO2S/c1-24-12-14-18-15(21)8-4-10-17(18)25-19(14)20(23)22-11-5-7-13-6-2-3-9-16(13)22/h4,8,10,13,16H,2-3,5-7,9,11-12H2,1H3. The van der Waals surface area contributed by atoms with E-state index in [4.69, 9.17) is 4.74 Å². The highest BCUT2D eigenvalue weighted by molar-refractivity contribution is 7.21. The Morgan fingerprint density at radius 3 is 2.92 bits per heavy atom. The summed E-state index contributed by atoms with van der Waals surface area (Å²) >= 11 is 1.41. The maximum Gasteiger partial charge on any atom is 0.264 e. The molecule has 1 aromatic carbocycles. The number of hydrogen-bond donors (Lipinski definition) is 0. The van der Waals surface area contributed by atoms with Gasteiger partial charge in [-0.15, -0.1) is 11.3 Å². The molecule has 1 saturated heterocycles. The highest BCUT2D eigenvalue weighted by Crippen LogP contribution is 2.39. The lowest BCUT2D eigenvalue weighted by atomic mass is 9.78. The van der Waals surface area contributed by atoms with E-state index in [1.54, 1.807) is 13.2 Å². The molecule has 2 fully saturated rings. The average Bonchev–Trinajstić information content (AvgIpc) is 3.01. The van der Waals surface area contributed by atoms with Crippen LogP contribution in [0.25, 0.3) is 10.1 Å². The Balaban J connectivity index is 1.74. The van der Waals surface area contributed by atoms with Gasteiger partial charge in [0.2, 0.25) is 0 Å². The maximum atomic E-state index is 14.4. The molecular weight excluding hydrogens is 337 g/mol. The summed E-state index contributed by atoms with van der Waals surface area (Å²) in [5.41, 5.74) is 0.712. The quantitative estimate of drug-likeness (QED) is 0.771. The fourth-order valence-electron chi connectivity index (χ4n) is 4.63. The third-order valence-corrected chi connectivity index (χ3v) is 6.94. The van der Waals surface area contributed by atoms with Crippen molar-refractivity contribution in [3.63, 3.8) is 0 Å². The molecule has 2 unspecified atom stereocenters. The van der Waals surface area contributed by atoms with Gasteiger partial charge in [0.15, 0.2) is 0 Å². The molecule has 2 atom stereocenters. The van der Waals surface area contributed by atoms with Crippen molar-refractivity contribution in [2.45, 2.75) is 51.2 Å². The lowest BCUT2D eigenvalue weighted by Gasteiger charge is -2.44. The molecular formula is C20H24FNO2S. The van der Waals surface area contributed by atoms with E-state index >= 15 is 0 Å². The summed E-state index contributed by atoms with van der Waals surface area (Å²) in [6.07, 6.45) is 7.14. The molecule has 1 amide bonds. The number of carbonyl (C=O) groups excluding carboxylic acids is 1. The lowest BCUT2D eigenvalue weighted by Crippen LogP contribution is -2.49. The minimum atomic E-state index is -0.269. The van der Waals surface area contributed by atoms with Crippen molar-refractivity contribution in [3.8, 4) is 0 Å². The first kappa shape index (κ1) is 17.0. The van der Waals surface area contributed by atoms with Gasteiger partial charge in [-0.05, 0) is 43.7 Å². The summed E-state index contributed by atoms with van der Waals surface area (Å²) < 4.78 is 20.5. The van der Waals surface area contributed by atoms with Crippen LogP contribution < -0.4 is 0 Å². The third kappa shape index (κ3) is 2.97. The van der Waals surface area contributed by atoms with Crippen LogP contribution in [0.3, 0.4) is 0 Å². The number of halogens is 1. The number of nitrogens with zero attached hydrogens (tertiary/aromatic N) is 1. The van der Waals surface area contributed by atoms with Gasteiger partial charge in [-0.25, -0.2) is 4.39 Å². The first-order chi connectivity index (χ1) is 12.2. The number of fused-ring (bicyclic) bond motifs is 2. The molecule has 1 saturated carbocycles. The number of rotatable bonds is 3. The van der Waals surface area contributed by atoms with Crippen LogP contribution in [0.4, 0.5) is 4.39 Å². The molecule has 2 aliphatic rings. The van der Waals surface area contributed by atoms with E-state index in [0.29, 0.717) is 27.8 Å². The van der Waals surface area contributed by atoms with Gasteiger partial charge in [-0.3, -0.25) is 4.79 Å². The number of benzene rings is 1. The second kappa shape index (κ2) is 7.04. The van der Waals surface area contributed by atoms with Crippen LogP contribution in [0.1, 0.15) is 53.8 Å². The van der Waals surface area contributed by atoms with Gasteiger partial charge in [-0.2, -0.15) is 0 Å². The second-order valence-electron chi connectivity index (χ2n) is 7.21. The molecule has 0 bridgehead atoms. The zero-order valence-corrected chi connectivity index (χ0v) is 15.4. The third-order valence-electron chi connectivity index (χ3n) is 5.75. The molecule has 0 N–H and O–H groups in total. The zero-order valence-electron chi connectivity index (χ0n) is 14.6. The van der Waals surface area contributed by atoms with Crippen LogP contribution in [-0.2, 0) is 11.3 Å². The molecule has 134 valence electrons. The van der Waals surface area contributed by atoms with Gasteiger partial charge in [0.25, 0.3) is 5.91 Å². The van der Waals surface area contributed by atoms with Crippen molar-refractivity contribution in [3.05, 3.63) is 34.5 Å². The molecule has 1 aromatic heterocycles. The van der Waals surface area contributed by atoms with Gasteiger partial charge < -0.3 is 9.64 Å². The van der Waals surface area contributed by atoms with E-state index in [9.17, 15) is 9.18 Å². The Labute approximate surface area is 151 Å². The summed E-state index contributed by atoms with van der Waals surface area (Å²) in [5.74, 6) is 0.446. The highest BCUT2D eigenvalue weighted by Gasteiger charge is 2.37. The van der Waals surface area contributed by atoms with Crippen LogP contribution >= 0.6 is 11.3 Å². The molecule has 0 radical (unpaired) electrons. The lowest BCUT2D eigenvalue weighted by molar-refractivity contribution is 0.0392. The van der Waals surface area contributed by atoms with E-state index in [-0.39, 0.29) is 18.3 Å². The predicted molar refractivity (Wildman–Crippen MR) is 98.5 cm³/mol. The number of methoxy groups -OCH3 is 1. The number of thiophene rings is 1. The Morgan fingerprint density at radius 1 is 1.28 bits per heavy atom. The maximum absolute atomic E-state index is 14.4. The number of piperidine rings is 1. The highest BCUT2D eigenvalue weighted by atomic mass is 32.1. The summed E-state index contributed by atoms with van der Waals surface area (Å²) in [6.45, 7) is 1.09. The average molecular weight is 361 g/mol. The fraction of sp³-hybridized carbons (Fsp3) is 0.550. The number of carbonyl (C=O) groups is 1. The SMILES string of the molecule is COCc1c(C(=O)N2CCCC3CCCCC32)sc2cccc(F)c12. The van der Waals surface area contributed by atoms with E-state index in [1.165, 1.54) is 43.1 Å². The van der Waals surface area contributed by atoms with Gasteiger partial charge in [0, 0.05) is 35.3 Å². The van der Waals surface area contributed by atoms with Crippen LogP contribution in [0.15, 0.2) is 18.2 Å². The topological polar surface area (TPSA) is 29.5 Å². The van der Waals surface area contributed by atoms with Crippen molar-refractivity contribution >= 4 is 27.3 Å². The number of hydrogen-bond acceptors (Lipinski definition) is 3.